The van der Waals surface area contributed by atoms with Crippen molar-refractivity contribution in [3.05, 3.63) is 35.1 Å². The zero-order valence-electron chi connectivity index (χ0n) is 11.1. The fourth-order valence-corrected chi connectivity index (χ4v) is 2.07. The number of hydrogen-bond acceptors (Lipinski definition) is 3. The van der Waals surface area contributed by atoms with Gasteiger partial charge in [-0.05, 0) is 31.5 Å². The van der Waals surface area contributed by atoms with Crippen molar-refractivity contribution in [1.82, 2.24) is 5.32 Å². The van der Waals surface area contributed by atoms with Crippen LogP contribution in [0.2, 0.25) is 0 Å². The Labute approximate surface area is 111 Å². The third-order valence-corrected chi connectivity index (χ3v) is 3.65. The van der Waals surface area contributed by atoms with E-state index in [9.17, 15) is 14.3 Å². The van der Waals surface area contributed by atoms with Crippen LogP contribution in [0.3, 0.4) is 0 Å². The Bertz CT molecular complexity index is 492. The molecule has 4 nitrogen and oxygen atoms in total. The minimum atomic E-state index is -1.04. The van der Waals surface area contributed by atoms with Crippen LogP contribution in [0.5, 0.6) is 0 Å². The van der Waals surface area contributed by atoms with Gasteiger partial charge < -0.3 is 15.2 Å². The van der Waals surface area contributed by atoms with Gasteiger partial charge in [0.25, 0.3) is 5.91 Å². The molecule has 1 aromatic rings. The Kier molecular flexibility index (Phi) is 3.87. The number of amides is 1. The highest BCUT2D eigenvalue weighted by Crippen LogP contribution is 2.24. The summed E-state index contributed by atoms with van der Waals surface area (Å²) in [6, 6.07) is 4.32. The summed E-state index contributed by atoms with van der Waals surface area (Å²) in [4.78, 5) is 11.9. The summed E-state index contributed by atoms with van der Waals surface area (Å²) >= 11 is 0. The first-order valence-electron chi connectivity index (χ1n) is 6.31. The van der Waals surface area contributed by atoms with Gasteiger partial charge in [-0.25, -0.2) is 4.39 Å². The number of rotatable bonds is 3. The van der Waals surface area contributed by atoms with Crippen LogP contribution in [0.1, 0.15) is 29.3 Å². The van der Waals surface area contributed by atoms with Gasteiger partial charge in [-0.2, -0.15) is 0 Å². The number of benzene rings is 1. The van der Waals surface area contributed by atoms with Crippen molar-refractivity contribution in [2.24, 2.45) is 0 Å². The van der Waals surface area contributed by atoms with Crippen LogP contribution in [0.25, 0.3) is 0 Å². The van der Waals surface area contributed by atoms with E-state index >= 15 is 0 Å². The van der Waals surface area contributed by atoms with E-state index < -0.39 is 17.3 Å². The summed E-state index contributed by atoms with van der Waals surface area (Å²) in [5, 5.41) is 12.9. The summed E-state index contributed by atoms with van der Waals surface area (Å²) in [6.07, 6.45) is 0.166. The largest absolute Gasteiger partial charge is 0.385 e. The van der Waals surface area contributed by atoms with Gasteiger partial charge in [-0.3, -0.25) is 4.79 Å². The zero-order valence-corrected chi connectivity index (χ0v) is 11.1. The quantitative estimate of drug-likeness (QED) is 0.870. The molecule has 2 unspecified atom stereocenters. The van der Waals surface area contributed by atoms with E-state index in [1.165, 1.54) is 6.07 Å². The lowest BCUT2D eigenvalue weighted by Gasteiger charge is -2.26. The van der Waals surface area contributed by atoms with E-state index in [1.807, 2.05) is 0 Å². The van der Waals surface area contributed by atoms with Gasteiger partial charge in [0.15, 0.2) is 0 Å². The molecular formula is C14H18FNO3. The second kappa shape index (κ2) is 5.27. The third kappa shape index (κ3) is 2.93. The first-order valence-corrected chi connectivity index (χ1v) is 6.31. The van der Waals surface area contributed by atoms with Gasteiger partial charge in [-0.1, -0.05) is 6.07 Å². The van der Waals surface area contributed by atoms with Gasteiger partial charge >= 0.3 is 0 Å². The van der Waals surface area contributed by atoms with E-state index in [0.717, 1.165) is 0 Å². The van der Waals surface area contributed by atoms with Crippen molar-refractivity contribution in [2.45, 2.75) is 32.0 Å². The highest BCUT2D eigenvalue weighted by Gasteiger charge is 2.39. The normalized spacial score (nSPS) is 26.4. The number of aryl methyl sites for hydroxylation is 1. The molecule has 5 heteroatoms. The second-order valence-electron chi connectivity index (χ2n) is 5.01. The van der Waals surface area contributed by atoms with Gasteiger partial charge in [0.2, 0.25) is 0 Å². The Morgan fingerprint density at radius 3 is 2.95 bits per heavy atom. The molecule has 1 saturated heterocycles. The number of aliphatic hydroxyl groups is 1. The molecule has 1 aliphatic rings. The lowest BCUT2D eigenvalue weighted by molar-refractivity contribution is -0.0251. The van der Waals surface area contributed by atoms with Crippen molar-refractivity contribution in [3.8, 4) is 0 Å². The minimum absolute atomic E-state index is 0.0997. The molecule has 0 spiro atoms. The zero-order chi connectivity index (χ0) is 14.0. The van der Waals surface area contributed by atoms with E-state index in [0.29, 0.717) is 18.6 Å². The molecule has 0 saturated carbocycles. The summed E-state index contributed by atoms with van der Waals surface area (Å²) in [7, 11) is 0. The maximum Gasteiger partial charge on any atom is 0.251 e. The highest BCUT2D eigenvalue weighted by molar-refractivity contribution is 5.94. The predicted octanol–water partition coefficient (Wildman–Crippen LogP) is 1.40. The van der Waals surface area contributed by atoms with Crippen LogP contribution in [0.15, 0.2) is 18.2 Å². The van der Waals surface area contributed by atoms with Gasteiger partial charge in [-0.15, -0.1) is 0 Å². The Morgan fingerprint density at radius 1 is 1.63 bits per heavy atom. The Morgan fingerprint density at radius 2 is 2.37 bits per heavy atom. The van der Waals surface area contributed by atoms with Gasteiger partial charge in [0.1, 0.15) is 11.4 Å². The number of ether oxygens (including phenoxy) is 1. The van der Waals surface area contributed by atoms with Crippen LogP contribution in [-0.4, -0.2) is 35.9 Å². The Balaban J connectivity index is 1.99. The van der Waals surface area contributed by atoms with E-state index in [2.05, 4.69) is 5.32 Å². The van der Waals surface area contributed by atoms with E-state index in [4.69, 9.17) is 4.74 Å². The number of halogens is 1. The average molecular weight is 267 g/mol. The fourth-order valence-electron chi connectivity index (χ4n) is 2.07. The molecule has 0 bridgehead atoms. The molecule has 104 valence electrons. The molecule has 1 aliphatic heterocycles. The molecule has 1 heterocycles. The summed E-state index contributed by atoms with van der Waals surface area (Å²) in [5.41, 5.74) is -0.301. The molecule has 1 aromatic carbocycles. The maximum atomic E-state index is 13.4. The summed E-state index contributed by atoms with van der Waals surface area (Å²) in [5.74, 6) is -0.810. The number of carbonyl (C=O) groups excluding carboxylic acids is 1. The van der Waals surface area contributed by atoms with Crippen molar-refractivity contribution < 1.29 is 19.0 Å². The molecule has 0 radical (unpaired) electrons. The Hall–Kier alpha value is -1.46. The minimum Gasteiger partial charge on any atom is -0.385 e. The summed E-state index contributed by atoms with van der Waals surface area (Å²) < 4.78 is 18.6. The van der Waals surface area contributed by atoms with Crippen molar-refractivity contribution in [3.63, 3.8) is 0 Å². The standard InChI is InChI=1S/C14H18FNO3/c1-9-3-4-11(7-12(9)15)13(17)16-8-14(18)5-6-19-10(14)2/h3-4,7,10,18H,5-6,8H2,1-2H3,(H,16,17). The molecule has 0 aliphatic carbocycles. The maximum absolute atomic E-state index is 13.4. The van der Waals surface area contributed by atoms with Gasteiger partial charge in [0.05, 0.1) is 6.10 Å². The van der Waals surface area contributed by atoms with Crippen LogP contribution < -0.4 is 5.32 Å². The summed E-state index contributed by atoms with van der Waals surface area (Å²) in [6.45, 7) is 3.98. The highest BCUT2D eigenvalue weighted by atomic mass is 19.1. The van der Waals surface area contributed by atoms with Crippen molar-refractivity contribution >= 4 is 5.91 Å². The number of nitrogens with one attached hydrogen (secondary N) is 1. The monoisotopic (exact) mass is 267 g/mol. The van der Waals surface area contributed by atoms with Crippen molar-refractivity contribution in [1.29, 1.82) is 0 Å². The molecule has 2 atom stereocenters. The van der Waals surface area contributed by atoms with Crippen LogP contribution >= 0.6 is 0 Å². The van der Waals surface area contributed by atoms with Gasteiger partial charge in [0, 0.05) is 25.1 Å². The van der Waals surface area contributed by atoms with E-state index in [1.54, 1.807) is 26.0 Å². The van der Waals surface area contributed by atoms with Crippen LogP contribution in [0, 0.1) is 12.7 Å². The molecular weight excluding hydrogens is 249 g/mol. The predicted molar refractivity (Wildman–Crippen MR) is 68.5 cm³/mol. The molecule has 2 rings (SSSR count). The van der Waals surface area contributed by atoms with Crippen LogP contribution in [0.4, 0.5) is 4.39 Å². The molecule has 0 aromatic heterocycles. The molecule has 1 amide bonds. The first-order chi connectivity index (χ1) is 8.92. The average Bonchev–Trinajstić information content (AvgIpc) is 2.71. The fraction of sp³-hybridized carbons (Fsp3) is 0.500. The lowest BCUT2D eigenvalue weighted by atomic mass is 9.96. The molecule has 1 fully saturated rings. The first kappa shape index (κ1) is 14.0. The topological polar surface area (TPSA) is 58.6 Å². The number of hydrogen-bond donors (Lipinski definition) is 2. The van der Waals surface area contributed by atoms with E-state index in [-0.39, 0.29) is 18.2 Å². The third-order valence-electron chi connectivity index (χ3n) is 3.65. The molecule has 19 heavy (non-hydrogen) atoms. The number of carbonyl (C=O) groups is 1. The second-order valence-corrected chi connectivity index (χ2v) is 5.01. The smallest absolute Gasteiger partial charge is 0.251 e. The molecule has 2 N–H and O–H groups in total. The lowest BCUT2D eigenvalue weighted by Crippen LogP contribution is -2.47. The van der Waals surface area contributed by atoms with Crippen LogP contribution in [-0.2, 0) is 4.74 Å². The van der Waals surface area contributed by atoms with Crippen molar-refractivity contribution in [2.75, 3.05) is 13.2 Å². The SMILES string of the molecule is Cc1ccc(C(=O)NCC2(O)CCOC2C)cc1F.